The number of nitrogens with zero attached hydrogens (tertiary/aromatic N) is 2. The summed E-state index contributed by atoms with van der Waals surface area (Å²) in [6.45, 7) is 2.67. The van der Waals surface area contributed by atoms with Crippen molar-refractivity contribution in [3.05, 3.63) is 35.4 Å². The molecule has 0 aliphatic carbocycles. The van der Waals surface area contributed by atoms with Crippen molar-refractivity contribution in [2.24, 2.45) is 0 Å². The first-order valence-electron chi connectivity index (χ1n) is 7.47. The number of ether oxygens (including phenoxy) is 1. The predicted octanol–water partition coefficient (Wildman–Crippen LogP) is 1.44. The summed E-state index contributed by atoms with van der Waals surface area (Å²) in [6, 6.07) is 7.34. The van der Waals surface area contributed by atoms with E-state index in [0.717, 1.165) is 17.7 Å². The molecular weight excluding hydrogens is 284 g/mol. The summed E-state index contributed by atoms with van der Waals surface area (Å²) in [4.78, 5) is 38.1. The minimum Gasteiger partial charge on any atom is -0.439 e. The number of aryl methyl sites for hydroxylation is 1. The van der Waals surface area contributed by atoms with E-state index in [2.05, 4.69) is 11.7 Å². The van der Waals surface area contributed by atoms with Gasteiger partial charge in [0.05, 0.1) is 6.04 Å². The average molecular weight is 302 g/mol. The second kappa shape index (κ2) is 5.79. The topological polar surface area (TPSA) is 66.9 Å². The molecule has 0 radical (unpaired) electrons. The van der Waals surface area contributed by atoms with Gasteiger partial charge in [-0.15, -0.1) is 0 Å². The van der Waals surface area contributed by atoms with Crippen molar-refractivity contribution in [2.45, 2.75) is 25.8 Å². The van der Waals surface area contributed by atoms with Crippen molar-refractivity contribution in [3.8, 4) is 0 Å². The number of likely N-dealkylation sites (tertiary alicyclic amines) is 1. The summed E-state index contributed by atoms with van der Waals surface area (Å²) < 4.78 is 4.69. The van der Waals surface area contributed by atoms with Gasteiger partial charge in [0.15, 0.2) is 6.61 Å². The van der Waals surface area contributed by atoms with Crippen molar-refractivity contribution in [2.75, 3.05) is 19.7 Å². The fraction of sp³-hybridized carbons (Fsp3) is 0.438. The van der Waals surface area contributed by atoms with Crippen LogP contribution in [0.5, 0.6) is 0 Å². The highest BCUT2D eigenvalue weighted by atomic mass is 16.6. The molecule has 0 unspecified atom stereocenters. The van der Waals surface area contributed by atoms with E-state index in [9.17, 15) is 14.4 Å². The summed E-state index contributed by atoms with van der Waals surface area (Å²) in [5, 5.41) is 0. The van der Waals surface area contributed by atoms with Gasteiger partial charge in [0.25, 0.3) is 11.8 Å². The molecule has 0 saturated carbocycles. The first kappa shape index (κ1) is 14.6. The Bertz CT molecular complexity index is 589. The van der Waals surface area contributed by atoms with Crippen molar-refractivity contribution in [1.29, 1.82) is 0 Å². The van der Waals surface area contributed by atoms with Crippen LogP contribution in [0.25, 0.3) is 0 Å². The van der Waals surface area contributed by atoms with Crippen LogP contribution in [0.3, 0.4) is 0 Å². The molecular formula is C16H18N2O4. The molecule has 0 atom stereocenters. The Labute approximate surface area is 128 Å². The number of carbonyl (C=O) groups is 3. The molecule has 0 N–H and O–H groups in total. The number of hydrogen-bond donors (Lipinski definition) is 0. The molecule has 0 spiro atoms. The summed E-state index contributed by atoms with van der Waals surface area (Å²) in [6.07, 6.45) is 1.46. The Hall–Kier alpha value is -2.37. The van der Waals surface area contributed by atoms with E-state index < -0.39 is 6.09 Å². The van der Waals surface area contributed by atoms with Gasteiger partial charge in [0.2, 0.25) is 0 Å². The van der Waals surface area contributed by atoms with Gasteiger partial charge in [-0.2, -0.15) is 0 Å². The van der Waals surface area contributed by atoms with Gasteiger partial charge in [-0.3, -0.25) is 9.59 Å². The number of cyclic esters (lactones) is 1. The first-order chi connectivity index (χ1) is 10.6. The van der Waals surface area contributed by atoms with Crippen LogP contribution in [0.1, 0.15) is 29.3 Å². The van der Waals surface area contributed by atoms with Crippen LogP contribution in [0.4, 0.5) is 4.79 Å². The van der Waals surface area contributed by atoms with E-state index in [4.69, 9.17) is 0 Å². The zero-order chi connectivity index (χ0) is 15.7. The lowest BCUT2D eigenvalue weighted by atomic mass is 10.0. The molecule has 2 heterocycles. The number of rotatable bonds is 4. The lowest BCUT2D eigenvalue weighted by Crippen LogP contribution is -2.62. The summed E-state index contributed by atoms with van der Waals surface area (Å²) in [7, 11) is 0. The Kier molecular flexibility index (Phi) is 3.83. The van der Waals surface area contributed by atoms with Crippen LogP contribution < -0.4 is 0 Å². The molecule has 2 aliphatic rings. The Morgan fingerprint density at radius 3 is 2.45 bits per heavy atom. The van der Waals surface area contributed by atoms with Gasteiger partial charge in [0.1, 0.15) is 0 Å². The van der Waals surface area contributed by atoms with Crippen LogP contribution in [0, 0.1) is 0 Å². The molecule has 6 heteroatoms. The van der Waals surface area contributed by atoms with E-state index in [1.54, 1.807) is 4.90 Å². The van der Waals surface area contributed by atoms with Gasteiger partial charge >= 0.3 is 6.09 Å². The monoisotopic (exact) mass is 302 g/mol. The average Bonchev–Trinajstić information content (AvgIpc) is 2.79. The van der Waals surface area contributed by atoms with E-state index in [0.29, 0.717) is 18.7 Å². The van der Waals surface area contributed by atoms with Gasteiger partial charge in [0, 0.05) is 18.7 Å². The minimum absolute atomic E-state index is 0.0701. The third-order valence-corrected chi connectivity index (χ3v) is 4.04. The highest BCUT2D eigenvalue weighted by molar-refractivity contribution is 5.99. The third-order valence-electron chi connectivity index (χ3n) is 4.04. The summed E-state index contributed by atoms with van der Waals surface area (Å²) in [5.74, 6) is -0.398. The number of hydrogen-bond acceptors (Lipinski definition) is 4. The maximum Gasteiger partial charge on any atom is 0.417 e. The van der Waals surface area contributed by atoms with Crippen LogP contribution in [0.2, 0.25) is 0 Å². The Morgan fingerprint density at radius 2 is 1.91 bits per heavy atom. The van der Waals surface area contributed by atoms with Gasteiger partial charge in [-0.1, -0.05) is 25.5 Å². The van der Waals surface area contributed by atoms with Crippen molar-refractivity contribution >= 4 is 17.9 Å². The zero-order valence-corrected chi connectivity index (χ0v) is 12.4. The lowest BCUT2D eigenvalue weighted by Gasteiger charge is -2.41. The SMILES string of the molecule is CCCc1ccc(C(=O)N2CC(N3C(=O)COC3=O)C2)cc1. The maximum absolute atomic E-state index is 12.3. The van der Waals surface area contributed by atoms with E-state index in [-0.39, 0.29) is 24.5 Å². The van der Waals surface area contributed by atoms with Crippen LogP contribution in [-0.2, 0) is 16.0 Å². The number of carbonyl (C=O) groups excluding carboxylic acids is 3. The van der Waals surface area contributed by atoms with Gasteiger partial charge in [-0.05, 0) is 24.1 Å². The highest BCUT2D eigenvalue weighted by Crippen LogP contribution is 2.21. The minimum atomic E-state index is -0.606. The fourth-order valence-corrected chi connectivity index (χ4v) is 2.79. The zero-order valence-electron chi connectivity index (χ0n) is 12.4. The predicted molar refractivity (Wildman–Crippen MR) is 78.3 cm³/mol. The molecule has 2 aliphatic heterocycles. The molecule has 2 fully saturated rings. The number of amides is 3. The second-order valence-electron chi connectivity index (χ2n) is 5.63. The maximum atomic E-state index is 12.3. The second-order valence-corrected chi connectivity index (χ2v) is 5.63. The molecule has 22 heavy (non-hydrogen) atoms. The molecule has 2 saturated heterocycles. The largest absolute Gasteiger partial charge is 0.439 e. The molecule has 6 nitrogen and oxygen atoms in total. The van der Waals surface area contributed by atoms with E-state index in [1.165, 1.54) is 5.56 Å². The van der Waals surface area contributed by atoms with Gasteiger partial charge in [-0.25, -0.2) is 9.69 Å². The molecule has 3 amide bonds. The van der Waals surface area contributed by atoms with Crippen LogP contribution >= 0.6 is 0 Å². The Morgan fingerprint density at radius 1 is 1.23 bits per heavy atom. The standard InChI is InChI=1S/C16H18N2O4/c1-2-3-11-4-6-12(7-5-11)15(20)17-8-13(9-17)18-14(19)10-22-16(18)21/h4-7,13H,2-3,8-10H2,1H3. The van der Waals surface area contributed by atoms with E-state index in [1.807, 2.05) is 24.3 Å². The molecule has 0 bridgehead atoms. The van der Waals surface area contributed by atoms with Gasteiger partial charge < -0.3 is 9.64 Å². The molecule has 1 aromatic rings. The molecule has 3 rings (SSSR count). The summed E-state index contributed by atoms with van der Waals surface area (Å²) in [5.41, 5.74) is 1.85. The third kappa shape index (κ3) is 2.56. The number of benzene rings is 1. The molecule has 1 aromatic carbocycles. The molecule has 116 valence electrons. The fourth-order valence-electron chi connectivity index (χ4n) is 2.79. The van der Waals surface area contributed by atoms with E-state index >= 15 is 0 Å². The van der Waals surface area contributed by atoms with Crippen molar-refractivity contribution < 1.29 is 19.1 Å². The lowest BCUT2D eigenvalue weighted by molar-refractivity contribution is -0.129. The molecule has 0 aromatic heterocycles. The van der Waals surface area contributed by atoms with Crippen molar-refractivity contribution in [3.63, 3.8) is 0 Å². The number of imide groups is 1. The highest BCUT2D eigenvalue weighted by Gasteiger charge is 2.44. The normalized spacial score (nSPS) is 18.4. The Balaban J connectivity index is 1.59. The van der Waals surface area contributed by atoms with Crippen molar-refractivity contribution in [1.82, 2.24) is 9.80 Å². The van der Waals surface area contributed by atoms with Crippen LogP contribution in [0.15, 0.2) is 24.3 Å². The summed E-state index contributed by atoms with van der Waals surface area (Å²) >= 11 is 0. The smallest absolute Gasteiger partial charge is 0.417 e. The first-order valence-corrected chi connectivity index (χ1v) is 7.47. The quantitative estimate of drug-likeness (QED) is 0.844. The van der Waals surface area contributed by atoms with Crippen LogP contribution in [-0.4, -0.2) is 53.4 Å².